The van der Waals surface area contributed by atoms with Crippen LogP contribution < -0.4 is 0 Å². The predicted octanol–water partition coefficient (Wildman–Crippen LogP) is 5.21. The highest BCUT2D eigenvalue weighted by Crippen LogP contribution is 2.40. The number of rotatable bonds is 3. The summed E-state index contributed by atoms with van der Waals surface area (Å²) < 4.78 is 0. The summed E-state index contributed by atoms with van der Waals surface area (Å²) in [5.41, 5.74) is 0.650. The Morgan fingerprint density at radius 3 is 1.76 bits per heavy atom. The van der Waals surface area contributed by atoms with E-state index < -0.39 is 0 Å². The van der Waals surface area contributed by atoms with E-state index >= 15 is 0 Å². The molecule has 1 fully saturated rings. The van der Waals surface area contributed by atoms with Crippen molar-refractivity contribution in [2.45, 2.75) is 73.6 Å². The molecule has 0 N–H and O–H groups in total. The molecular weight excluding hydrogens is 206 g/mol. The van der Waals surface area contributed by atoms with Crippen LogP contribution in [0.25, 0.3) is 0 Å². The van der Waals surface area contributed by atoms with Gasteiger partial charge in [0.2, 0.25) is 0 Å². The molecule has 1 rings (SSSR count). The van der Waals surface area contributed by atoms with Crippen LogP contribution in [0.4, 0.5) is 0 Å². The molecule has 0 spiro atoms. The fourth-order valence-electron chi connectivity index (χ4n) is 2.20. The molecule has 0 amide bonds. The minimum absolute atomic E-state index is 0.650. The second-order valence-corrected chi connectivity index (χ2v) is 5.55. The van der Waals surface area contributed by atoms with Gasteiger partial charge in [-0.3, -0.25) is 0 Å². The maximum absolute atomic E-state index is 2.47. The van der Waals surface area contributed by atoms with Gasteiger partial charge in [-0.2, -0.15) is 0 Å². The molecular formula is C16H37N. The third-order valence-corrected chi connectivity index (χ3v) is 3.64. The molecule has 0 aromatic rings. The highest BCUT2D eigenvalue weighted by atomic mass is 15.0. The van der Waals surface area contributed by atoms with Gasteiger partial charge in [-0.1, -0.05) is 54.4 Å². The first-order valence-corrected chi connectivity index (χ1v) is 7.67. The standard InChI is InChI=1S/C12H25N.2C2H6/c1-11-5-7-12(2,8-6-11)9-10-13(3)4;2*1-2/h11H,5-10H2,1-4H3;2*1-2H3. The molecule has 0 bridgehead atoms. The van der Waals surface area contributed by atoms with Gasteiger partial charge in [-0.15, -0.1) is 0 Å². The second-order valence-electron chi connectivity index (χ2n) is 5.55. The molecule has 0 aliphatic heterocycles. The van der Waals surface area contributed by atoms with E-state index in [1.54, 1.807) is 0 Å². The number of hydrogen-bond donors (Lipinski definition) is 0. The summed E-state index contributed by atoms with van der Waals surface area (Å²) in [6.07, 6.45) is 7.17. The highest BCUT2D eigenvalue weighted by Gasteiger charge is 2.28. The van der Waals surface area contributed by atoms with Crippen LogP contribution in [-0.2, 0) is 0 Å². The van der Waals surface area contributed by atoms with Gasteiger partial charge in [0, 0.05) is 0 Å². The summed E-state index contributed by atoms with van der Waals surface area (Å²) in [7, 11) is 4.35. The summed E-state index contributed by atoms with van der Waals surface area (Å²) in [6.45, 7) is 14.1. The SMILES string of the molecule is CC.CC.CC1CCC(C)(CCN(C)C)CC1. The lowest BCUT2D eigenvalue weighted by molar-refractivity contribution is 0.149. The molecule has 106 valence electrons. The quantitative estimate of drug-likeness (QED) is 0.658. The van der Waals surface area contributed by atoms with Crippen LogP contribution in [0.2, 0.25) is 0 Å². The van der Waals surface area contributed by atoms with Crippen LogP contribution in [0.1, 0.15) is 73.6 Å². The summed E-state index contributed by atoms with van der Waals surface area (Å²) >= 11 is 0. The lowest BCUT2D eigenvalue weighted by Crippen LogP contribution is -2.28. The molecule has 1 aliphatic rings. The summed E-state index contributed by atoms with van der Waals surface area (Å²) in [5, 5.41) is 0. The largest absolute Gasteiger partial charge is 0.309 e. The molecule has 0 atom stereocenters. The Labute approximate surface area is 111 Å². The van der Waals surface area contributed by atoms with Crippen molar-refractivity contribution in [2.24, 2.45) is 11.3 Å². The van der Waals surface area contributed by atoms with Crippen LogP contribution in [0, 0.1) is 11.3 Å². The summed E-state index contributed by atoms with van der Waals surface area (Å²) in [5.74, 6) is 0.979. The summed E-state index contributed by atoms with van der Waals surface area (Å²) in [6, 6.07) is 0. The Bertz CT molecular complexity index is 144. The van der Waals surface area contributed by atoms with Crippen molar-refractivity contribution < 1.29 is 0 Å². The van der Waals surface area contributed by atoms with E-state index in [1.807, 2.05) is 27.7 Å². The van der Waals surface area contributed by atoms with Crippen LogP contribution in [0.3, 0.4) is 0 Å². The Kier molecular flexibility index (Phi) is 12.6. The zero-order chi connectivity index (χ0) is 13.9. The van der Waals surface area contributed by atoms with Gasteiger partial charge >= 0.3 is 0 Å². The topological polar surface area (TPSA) is 3.24 Å². The molecule has 0 aromatic heterocycles. The third kappa shape index (κ3) is 9.64. The van der Waals surface area contributed by atoms with E-state index in [4.69, 9.17) is 0 Å². The van der Waals surface area contributed by atoms with Crippen molar-refractivity contribution in [1.82, 2.24) is 4.90 Å². The normalized spacial score (nSPS) is 27.7. The van der Waals surface area contributed by atoms with E-state index in [1.165, 1.54) is 38.6 Å². The molecule has 0 radical (unpaired) electrons. The Morgan fingerprint density at radius 2 is 1.41 bits per heavy atom. The van der Waals surface area contributed by atoms with Gasteiger partial charge in [0.1, 0.15) is 0 Å². The first-order chi connectivity index (χ1) is 8.02. The van der Waals surface area contributed by atoms with Crippen molar-refractivity contribution in [3.63, 3.8) is 0 Å². The molecule has 0 saturated heterocycles. The monoisotopic (exact) mass is 243 g/mol. The molecule has 0 unspecified atom stereocenters. The number of hydrogen-bond acceptors (Lipinski definition) is 1. The molecule has 0 aromatic carbocycles. The Balaban J connectivity index is 0. The van der Waals surface area contributed by atoms with Crippen LogP contribution >= 0.6 is 0 Å². The fourth-order valence-corrected chi connectivity index (χ4v) is 2.20. The van der Waals surface area contributed by atoms with Crippen molar-refractivity contribution in [3.05, 3.63) is 0 Å². The van der Waals surface area contributed by atoms with Gasteiger partial charge in [0.15, 0.2) is 0 Å². The Morgan fingerprint density at radius 1 is 1.00 bits per heavy atom. The molecule has 1 nitrogen and oxygen atoms in total. The van der Waals surface area contributed by atoms with E-state index in [0.717, 1.165) is 5.92 Å². The van der Waals surface area contributed by atoms with Crippen molar-refractivity contribution in [2.75, 3.05) is 20.6 Å². The lowest BCUT2D eigenvalue weighted by atomic mass is 9.70. The van der Waals surface area contributed by atoms with Gasteiger partial charge in [-0.05, 0) is 51.2 Å². The van der Waals surface area contributed by atoms with Gasteiger partial charge in [0.25, 0.3) is 0 Å². The molecule has 17 heavy (non-hydrogen) atoms. The van der Waals surface area contributed by atoms with E-state index in [2.05, 4.69) is 32.8 Å². The van der Waals surface area contributed by atoms with E-state index in [9.17, 15) is 0 Å². The predicted molar refractivity (Wildman–Crippen MR) is 81.6 cm³/mol. The average molecular weight is 243 g/mol. The first-order valence-electron chi connectivity index (χ1n) is 7.67. The Hall–Kier alpha value is -0.0400. The van der Waals surface area contributed by atoms with Crippen molar-refractivity contribution in [3.8, 4) is 0 Å². The van der Waals surface area contributed by atoms with E-state index in [0.29, 0.717) is 5.41 Å². The smallest absolute Gasteiger partial charge is 0.00196 e. The van der Waals surface area contributed by atoms with Gasteiger partial charge in [-0.25, -0.2) is 0 Å². The van der Waals surface area contributed by atoms with Crippen LogP contribution in [0.15, 0.2) is 0 Å². The van der Waals surface area contributed by atoms with Gasteiger partial charge in [0.05, 0.1) is 0 Å². The van der Waals surface area contributed by atoms with E-state index in [-0.39, 0.29) is 0 Å². The first kappa shape index (κ1) is 19.3. The third-order valence-electron chi connectivity index (χ3n) is 3.64. The molecule has 1 heteroatoms. The molecule has 1 aliphatic carbocycles. The zero-order valence-electron chi connectivity index (χ0n) is 13.8. The zero-order valence-corrected chi connectivity index (χ0v) is 13.8. The average Bonchev–Trinajstić information content (AvgIpc) is 2.36. The minimum atomic E-state index is 0.650. The van der Waals surface area contributed by atoms with Crippen molar-refractivity contribution >= 4 is 0 Å². The number of nitrogens with zero attached hydrogens (tertiary/aromatic N) is 1. The van der Waals surface area contributed by atoms with Crippen molar-refractivity contribution in [1.29, 1.82) is 0 Å². The lowest BCUT2D eigenvalue weighted by Gasteiger charge is -2.37. The maximum atomic E-state index is 2.47. The molecule has 0 heterocycles. The van der Waals surface area contributed by atoms with Crippen LogP contribution in [0.5, 0.6) is 0 Å². The summed E-state index contributed by atoms with van der Waals surface area (Å²) in [4.78, 5) is 2.31. The minimum Gasteiger partial charge on any atom is -0.309 e. The highest BCUT2D eigenvalue weighted by molar-refractivity contribution is 4.81. The fraction of sp³-hybridized carbons (Fsp3) is 1.00. The maximum Gasteiger partial charge on any atom is -0.00196 e. The van der Waals surface area contributed by atoms with Crippen LogP contribution in [-0.4, -0.2) is 25.5 Å². The van der Waals surface area contributed by atoms with Gasteiger partial charge < -0.3 is 4.90 Å². The molecule has 1 saturated carbocycles. The second kappa shape index (κ2) is 11.1.